The van der Waals surface area contributed by atoms with Crippen molar-refractivity contribution in [1.29, 1.82) is 0 Å². The molecule has 0 unspecified atom stereocenters. The molecule has 0 spiro atoms. The highest BCUT2D eigenvalue weighted by Crippen LogP contribution is 2.24. The summed E-state index contributed by atoms with van der Waals surface area (Å²) in [4.78, 5) is 4.30. The molecule has 0 saturated carbocycles. The minimum Gasteiger partial charge on any atom is -0.396 e. The van der Waals surface area contributed by atoms with Gasteiger partial charge in [-0.05, 0) is 29.8 Å². The van der Waals surface area contributed by atoms with Crippen LogP contribution in [-0.2, 0) is 6.54 Å². The van der Waals surface area contributed by atoms with Crippen molar-refractivity contribution in [3.8, 4) is 0 Å². The molecule has 1 aromatic heterocycles. The third kappa shape index (κ3) is 2.63. The van der Waals surface area contributed by atoms with Gasteiger partial charge in [-0.3, -0.25) is 4.98 Å². The van der Waals surface area contributed by atoms with Gasteiger partial charge in [0.1, 0.15) is 11.5 Å². The van der Waals surface area contributed by atoms with Crippen molar-refractivity contribution < 1.29 is 8.78 Å². The Hall–Kier alpha value is -2.69. The molecule has 3 aromatic rings. The second-order valence-corrected chi connectivity index (χ2v) is 4.72. The summed E-state index contributed by atoms with van der Waals surface area (Å²) in [5, 5.41) is 3.71. The fraction of sp³-hybridized carbons (Fsp3) is 0.0625. The zero-order valence-electron chi connectivity index (χ0n) is 11.1. The van der Waals surface area contributed by atoms with E-state index in [9.17, 15) is 8.78 Å². The molecule has 0 radical (unpaired) electrons. The van der Waals surface area contributed by atoms with E-state index in [0.717, 1.165) is 22.5 Å². The minimum atomic E-state index is -0.774. The molecule has 0 aliphatic carbocycles. The Morgan fingerprint density at radius 3 is 2.76 bits per heavy atom. The Morgan fingerprint density at radius 2 is 1.90 bits per heavy atom. The first-order valence-electron chi connectivity index (χ1n) is 6.46. The summed E-state index contributed by atoms with van der Waals surface area (Å²) in [6.45, 7) is 0.259. The first-order valence-corrected chi connectivity index (χ1v) is 6.46. The molecular weight excluding hydrogens is 272 g/mol. The van der Waals surface area contributed by atoms with E-state index in [2.05, 4.69) is 10.3 Å². The molecule has 3 nitrogen and oxygen atoms in total. The van der Waals surface area contributed by atoms with Gasteiger partial charge in [0.2, 0.25) is 0 Å². The van der Waals surface area contributed by atoms with Crippen LogP contribution < -0.4 is 11.1 Å². The maximum Gasteiger partial charge on any atom is 0.172 e. The molecule has 1 heterocycles. The summed E-state index contributed by atoms with van der Waals surface area (Å²) in [6.07, 6.45) is 1.68. The molecule has 0 aliphatic rings. The van der Waals surface area contributed by atoms with Crippen molar-refractivity contribution >= 4 is 22.3 Å². The Morgan fingerprint density at radius 1 is 1.10 bits per heavy atom. The van der Waals surface area contributed by atoms with Gasteiger partial charge in [-0.2, -0.15) is 0 Å². The zero-order chi connectivity index (χ0) is 14.8. The van der Waals surface area contributed by atoms with Crippen LogP contribution in [0.3, 0.4) is 0 Å². The lowest BCUT2D eigenvalue weighted by Gasteiger charge is -2.10. The van der Waals surface area contributed by atoms with Crippen molar-refractivity contribution in [3.63, 3.8) is 0 Å². The number of para-hydroxylation sites is 1. The van der Waals surface area contributed by atoms with Crippen LogP contribution in [0.5, 0.6) is 0 Å². The summed E-state index contributed by atoms with van der Waals surface area (Å²) >= 11 is 0. The summed E-state index contributed by atoms with van der Waals surface area (Å²) < 4.78 is 27.4. The van der Waals surface area contributed by atoms with Crippen molar-refractivity contribution in [2.75, 3.05) is 11.1 Å². The molecule has 0 atom stereocenters. The molecule has 0 saturated heterocycles. The van der Waals surface area contributed by atoms with E-state index in [-0.39, 0.29) is 17.9 Å². The van der Waals surface area contributed by atoms with E-state index in [0.29, 0.717) is 0 Å². The third-order valence-corrected chi connectivity index (χ3v) is 3.24. The molecule has 106 valence electrons. The number of rotatable bonds is 3. The summed E-state index contributed by atoms with van der Waals surface area (Å²) in [7, 11) is 0. The number of hydrogen-bond donors (Lipinski definition) is 2. The van der Waals surface area contributed by atoms with Crippen LogP contribution in [-0.4, -0.2) is 4.98 Å². The Kier molecular flexibility index (Phi) is 3.39. The van der Waals surface area contributed by atoms with E-state index in [4.69, 9.17) is 5.73 Å². The van der Waals surface area contributed by atoms with Crippen LogP contribution in [0.4, 0.5) is 20.2 Å². The second kappa shape index (κ2) is 5.36. The van der Waals surface area contributed by atoms with Crippen molar-refractivity contribution in [1.82, 2.24) is 4.98 Å². The lowest BCUT2D eigenvalue weighted by Crippen LogP contribution is -2.06. The standard InChI is InChI=1S/C16H13F2N3/c17-12-5-6-13(19)15(18)16(12)21-9-10-7-11-3-1-2-4-14(11)20-8-10/h1-8,21H,9,19H2. The Labute approximate surface area is 120 Å². The van der Waals surface area contributed by atoms with Gasteiger partial charge in [0.25, 0.3) is 0 Å². The predicted molar refractivity (Wildman–Crippen MR) is 79.8 cm³/mol. The van der Waals surface area contributed by atoms with Gasteiger partial charge in [-0.25, -0.2) is 8.78 Å². The number of aromatic nitrogens is 1. The number of anilines is 2. The molecule has 0 aliphatic heterocycles. The fourth-order valence-electron chi connectivity index (χ4n) is 2.13. The molecular formula is C16H13F2N3. The number of nitrogen functional groups attached to an aromatic ring is 1. The van der Waals surface area contributed by atoms with Crippen LogP contribution >= 0.6 is 0 Å². The number of benzene rings is 2. The lowest BCUT2D eigenvalue weighted by atomic mass is 10.1. The van der Waals surface area contributed by atoms with Gasteiger partial charge in [0.05, 0.1) is 11.2 Å². The average Bonchev–Trinajstić information content (AvgIpc) is 2.51. The van der Waals surface area contributed by atoms with Crippen molar-refractivity contribution in [2.45, 2.75) is 6.54 Å². The van der Waals surface area contributed by atoms with E-state index >= 15 is 0 Å². The lowest BCUT2D eigenvalue weighted by molar-refractivity contribution is 0.591. The molecule has 3 rings (SSSR count). The van der Waals surface area contributed by atoms with Gasteiger partial charge in [-0.1, -0.05) is 18.2 Å². The topological polar surface area (TPSA) is 50.9 Å². The number of nitrogens with one attached hydrogen (secondary N) is 1. The van der Waals surface area contributed by atoms with E-state index in [1.807, 2.05) is 30.3 Å². The fourth-order valence-corrected chi connectivity index (χ4v) is 2.13. The normalized spacial score (nSPS) is 10.8. The van der Waals surface area contributed by atoms with Crippen LogP contribution in [0.2, 0.25) is 0 Å². The number of pyridine rings is 1. The molecule has 0 fully saturated rings. The van der Waals surface area contributed by atoms with Gasteiger partial charge >= 0.3 is 0 Å². The number of hydrogen-bond acceptors (Lipinski definition) is 3. The maximum atomic E-state index is 13.8. The van der Waals surface area contributed by atoms with Gasteiger partial charge in [0.15, 0.2) is 5.82 Å². The number of nitrogens with two attached hydrogens (primary N) is 1. The van der Waals surface area contributed by atoms with Crippen LogP contribution in [0, 0.1) is 11.6 Å². The smallest absolute Gasteiger partial charge is 0.172 e. The van der Waals surface area contributed by atoms with Crippen molar-refractivity contribution in [3.05, 3.63) is 65.9 Å². The van der Waals surface area contributed by atoms with Crippen LogP contribution in [0.1, 0.15) is 5.56 Å². The molecule has 0 bridgehead atoms. The average molecular weight is 285 g/mol. The SMILES string of the molecule is Nc1ccc(F)c(NCc2cnc3ccccc3c2)c1F. The minimum absolute atomic E-state index is 0.0875. The molecule has 0 amide bonds. The third-order valence-electron chi connectivity index (χ3n) is 3.24. The second-order valence-electron chi connectivity index (χ2n) is 4.72. The van der Waals surface area contributed by atoms with Crippen molar-refractivity contribution in [2.24, 2.45) is 0 Å². The maximum absolute atomic E-state index is 13.8. The molecule has 2 aromatic carbocycles. The number of nitrogens with zero attached hydrogens (tertiary/aromatic N) is 1. The molecule has 3 N–H and O–H groups in total. The summed E-state index contributed by atoms with van der Waals surface area (Å²) in [6, 6.07) is 11.9. The Bertz CT molecular complexity index is 803. The zero-order valence-corrected chi connectivity index (χ0v) is 11.1. The predicted octanol–water partition coefficient (Wildman–Crippen LogP) is 3.71. The first-order chi connectivity index (χ1) is 10.1. The number of halogens is 2. The first kappa shape index (κ1) is 13.3. The summed E-state index contributed by atoms with van der Waals surface area (Å²) in [5.41, 5.74) is 6.84. The number of fused-ring (bicyclic) bond motifs is 1. The van der Waals surface area contributed by atoms with Gasteiger partial charge in [-0.15, -0.1) is 0 Å². The van der Waals surface area contributed by atoms with Gasteiger partial charge < -0.3 is 11.1 Å². The highest BCUT2D eigenvalue weighted by molar-refractivity contribution is 5.78. The Balaban J connectivity index is 1.85. The van der Waals surface area contributed by atoms with E-state index in [1.54, 1.807) is 6.20 Å². The molecule has 21 heavy (non-hydrogen) atoms. The van der Waals surface area contributed by atoms with Crippen LogP contribution in [0.25, 0.3) is 10.9 Å². The monoisotopic (exact) mass is 285 g/mol. The van der Waals surface area contributed by atoms with Crippen LogP contribution in [0.15, 0.2) is 48.7 Å². The highest BCUT2D eigenvalue weighted by atomic mass is 19.1. The largest absolute Gasteiger partial charge is 0.396 e. The van der Waals surface area contributed by atoms with E-state index in [1.165, 1.54) is 6.07 Å². The summed E-state index contributed by atoms with van der Waals surface area (Å²) in [5.74, 6) is -1.45. The van der Waals surface area contributed by atoms with E-state index < -0.39 is 11.6 Å². The quantitative estimate of drug-likeness (QED) is 0.721. The highest BCUT2D eigenvalue weighted by Gasteiger charge is 2.11. The molecule has 5 heteroatoms. The van der Waals surface area contributed by atoms with Gasteiger partial charge in [0, 0.05) is 18.1 Å².